The van der Waals surface area contributed by atoms with Crippen LogP contribution in [0.15, 0.2) is 64.3 Å². The van der Waals surface area contributed by atoms with Crippen molar-refractivity contribution in [2.75, 3.05) is 5.32 Å². The third kappa shape index (κ3) is 4.45. The van der Waals surface area contributed by atoms with E-state index in [1.54, 1.807) is 28.7 Å². The van der Waals surface area contributed by atoms with Gasteiger partial charge in [0.05, 0.1) is 28.8 Å². The van der Waals surface area contributed by atoms with Crippen molar-refractivity contribution in [3.8, 4) is 0 Å². The number of pyridine rings is 1. The zero-order valence-electron chi connectivity index (χ0n) is 16.4. The second-order valence-corrected chi connectivity index (χ2v) is 8.09. The number of fused-ring (bicyclic) bond motifs is 1. The zero-order valence-corrected chi connectivity index (χ0v) is 18.0. The van der Waals surface area contributed by atoms with Crippen molar-refractivity contribution < 1.29 is 9.18 Å². The molecule has 0 aliphatic heterocycles. The number of benzene rings is 2. The number of carbonyl (C=O) groups is 1. The number of halogens is 2. The lowest BCUT2D eigenvalue weighted by molar-refractivity contribution is 0.189. The smallest absolute Gasteiger partial charge is 0.322 e. The number of hydrogen-bond acceptors (Lipinski definition) is 4. The van der Waals surface area contributed by atoms with Crippen molar-refractivity contribution in [1.29, 1.82) is 0 Å². The maximum atomic E-state index is 13.5. The van der Waals surface area contributed by atoms with Gasteiger partial charge in [0.25, 0.3) is 5.56 Å². The van der Waals surface area contributed by atoms with Gasteiger partial charge in [0.15, 0.2) is 0 Å². The van der Waals surface area contributed by atoms with Crippen LogP contribution in [-0.4, -0.2) is 20.9 Å². The molecule has 0 radical (unpaired) electrons. The topological polar surface area (TPSA) is 78.1 Å². The average Bonchev–Trinajstić information content (AvgIpc) is 3.28. The standard InChI is InChI=1S/C22H18ClFN4O2S/c1-13(18-9-25-21(29)17-5-3-2-4-16(17)18)28(10-15-11-31-12-26-15)22(30)27-14-6-7-20(24)19(23)8-14/h2-9,11-13H,10H2,1H3,(H,25,29)(H,27,30)/t13-/m1/s1. The summed E-state index contributed by atoms with van der Waals surface area (Å²) in [7, 11) is 0. The number of aromatic amines is 1. The molecule has 0 bridgehead atoms. The van der Waals surface area contributed by atoms with Crippen LogP contribution < -0.4 is 10.9 Å². The van der Waals surface area contributed by atoms with Gasteiger partial charge in [-0.15, -0.1) is 11.3 Å². The highest BCUT2D eigenvalue weighted by Gasteiger charge is 2.25. The first-order chi connectivity index (χ1) is 14.9. The first-order valence-electron chi connectivity index (χ1n) is 9.44. The van der Waals surface area contributed by atoms with Crippen LogP contribution in [0.1, 0.15) is 24.2 Å². The molecular weight excluding hydrogens is 439 g/mol. The highest BCUT2D eigenvalue weighted by molar-refractivity contribution is 7.07. The Balaban J connectivity index is 1.71. The van der Waals surface area contributed by atoms with Gasteiger partial charge in [0.2, 0.25) is 0 Å². The van der Waals surface area contributed by atoms with Crippen LogP contribution in [0.4, 0.5) is 14.9 Å². The van der Waals surface area contributed by atoms with E-state index in [0.717, 1.165) is 16.6 Å². The molecule has 9 heteroatoms. The molecular formula is C22H18ClFN4O2S. The largest absolute Gasteiger partial charge is 0.328 e. The summed E-state index contributed by atoms with van der Waals surface area (Å²) in [6.45, 7) is 2.13. The molecule has 2 heterocycles. The fourth-order valence-corrected chi connectivity index (χ4v) is 4.12. The number of urea groups is 1. The summed E-state index contributed by atoms with van der Waals surface area (Å²) in [5.41, 5.74) is 3.41. The maximum absolute atomic E-state index is 13.5. The summed E-state index contributed by atoms with van der Waals surface area (Å²) < 4.78 is 13.5. The lowest BCUT2D eigenvalue weighted by atomic mass is 10.0. The number of hydrogen-bond donors (Lipinski definition) is 2. The predicted molar refractivity (Wildman–Crippen MR) is 121 cm³/mol. The van der Waals surface area contributed by atoms with Crippen LogP contribution in [0.25, 0.3) is 10.8 Å². The van der Waals surface area contributed by atoms with Gasteiger partial charge in [-0.25, -0.2) is 14.2 Å². The van der Waals surface area contributed by atoms with E-state index in [-0.39, 0.29) is 17.1 Å². The Morgan fingerprint density at radius 1 is 1.29 bits per heavy atom. The van der Waals surface area contributed by atoms with Crippen LogP contribution in [0.2, 0.25) is 5.02 Å². The Morgan fingerprint density at radius 3 is 2.77 bits per heavy atom. The fraction of sp³-hybridized carbons (Fsp3) is 0.136. The molecule has 0 aliphatic carbocycles. The molecule has 2 aromatic heterocycles. The molecule has 158 valence electrons. The van der Waals surface area contributed by atoms with E-state index in [9.17, 15) is 14.0 Å². The normalized spacial score (nSPS) is 12.0. The minimum absolute atomic E-state index is 0.0801. The van der Waals surface area contributed by atoms with Gasteiger partial charge in [0, 0.05) is 22.7 Å². The molecule has 31 heavy (non-hydrogen) atoms. The second kappa shape index (κ2) is 8.87. The van der Waals surface area contributed by atoms with E-state index in [0.29, 0.717) is 11.1 Å². The summed E-state index contributed by atoms with van der Waals surface area (Å²) in [4.78, 5) is 34.1. The van der Waals surface area contributed by atoms with Crippen molar-refractivity contribution in [3.05, 3.63) is 92.0 Å². The molecule has 0 unspecified atom stereocenters. The number of rotatable bonds is 5. The van der Waals surface area contributed by atoms with Crippen LogP contribution in [-0.2, 0) is 6.54 Å². The molecule has 6 nitrogen and oxygen atoms in total. The van der Waals surface area contributed by atoms with E-state index in [1.165, 1.54) is 29.5 Å². The third-order valence-electron chi connectivity index (χ3n) is 5.01. The average molecular weight is 457 g/mol. The van der Waals surface area contributed by atoms with E-state index in [2.05, 4.69) is 15.3 Å². The van der Waals surface area contributed by atoms with Crippen molar-refractivity contribution in [2.45, 2.75) is 19.5 Å². The molecule has 0 saturated heterocycles. The molecule has 2 N–H and O–H groups in total. The number of nitrogens with one attached hydrogen (secondary N) is 2. The predicted octanol–water partition coefficient (Wildman–Crippen LogP) is 5.57. The molecule has 2 amide bonds. The quantitative estimate of drug-likeness (QED) is 0.412. The first kappa shape index (κ1) is 21.0. The van der Waals surface area contributed by atoms with Gasteiger partial charge in [0.1, 0.15) is 5.82 Å². The minimum atomic E-state index is -0.563. The Hall–Kier alpha value is -3.23. The van der Waals surface area contributed by atoms with Crippen LogP contribution in [0, 0.1) is 5.82 Å². The maximum Gasteiger partial charge on any atom is 0.322 e. The highest BCUT2D eigenvalue weighted by Crippen LogP contribution is 2.28. The molecule has 4 rings (SSSR count). The summed E-state index contributed by atoms with van der Waals surface area (Å²) in [6, 6.07) is 10.4. The number of thiazole rings is 1. The molecule has 1 atom stereocenters. The summed E-state index contributed by atoms with van der Waals surface area (Å²) in [6.07, 6.45) is 1.63. The molecule has 0 saturated carbocycles. The van der Waals surface area contributed by atoms with Gasteiger partial charge in [-0.05, 0) is 42.1 Å². The Kier molecular flexibility index (Phi) is 6.01. The highest BCUT2D eigenvalue weighted by atomic mass is 35.5. The third-order valence-corrected chi connectivity index (χ3v) is 5.93. The molecule has 0 fully saturated rings. The van der Waals surface area contributed by atoms with Gasteiger partial charge >= 0.3 is 6.03 Å². The van der Waals surface area contributed by atoms with Gasteiger partial charge in [-0.2, -0.15) is 0 Å². The van der Waals surface area contributed by atoms with Crippen LogP contribution in [0.3, 0.4) is 0 Å². The molecule has 0 aliphatic rings. The van der Waals surface area contributed by atoms with Gasteiger partial charge < -0.3 is 15.2 Å². The summed E-state index contributed by atoms with van der Waals surface area (Å²) in [5, 5.41) is 5.87. The molecule has 2 aromatic carbocycles. The second-order valence-electron chi connectivity index (χ2n) is 6.96. The van der Waals surface area contributed by atoms with E-state index in [1.807, 2.05) is 24.4 Å². The van der Waals surface area contributed by atoms with Gasteiger partial charge in [-0.1, -0.05) is 29.8 Å². The zero-order chi connectivity index (χ0) is 22.0. The Labute approximate surface area is 186 Å². The number of aromatic nitrogens is 2. The first-order valence-corrected chi connectivity index (χ1v) is 10.8. The summed E-state index contributed by atoms with van der Waals surface area (Å²) >= 11 is 7.29. The molecule has 4 aromatic rings. The lowest BCUT2D eigenvalue weighted by Gasteiger charge is -2.30. The van der Waals surface area contributed by atoms with Crippen LogP contribution in [0.5, 0.6) is 0 Å². The number of H-pyrrole nitrogens is 1. The monoisotopic (exact) mass is 456 g/mol. The SMILES string of the molecule is C[C@H](c1c[nH]c(=O)c2ccccc12)N(Cc1cscn1)C(=O)Nc1ccc(F)c(Cl)c1. The lowest BCUT2D eigenvalue weighted by Crippen LogP contribution is -2.37. The van der Waals surface area contributed by atoms with E-state index >= 15 is 0 Å². The van der Waals surface area contributed by atoms with E-state index in [4.69, 9.17) is 11.6 Å². The van der Waals surface area contributed by atoms with Crippen molar-refractivity contribution in [2.24, 2.45) is 0 Å². The number of amides is 2. The molecule has 0 spiro atoms. The van der Waals surface area contributed by atoms with Crippen molar-refractivity contribution in [3.63, 3.8) is 0 Å². The van der Waals surface area contributed by atoms with Crippen molar-refractivity contribution >= 4 is 45.4 Å². The number of anilines is 1. The minimum Gasteiger partial charge on any atom is -0.328 e. The van der Waals surface area contributed by atoms with E-state index < -0.39 is 17.9 Å². The van der Waals surface area contributed by atoms with Crippen molar-refractivity contribution in [1.82, 2.24) is 14.9 Å². The number of carbonyl (C=O) groups excluding carboxylic acids is 1. The van der Waals surface area contributed by atoms with Gasteiger partial charge in [-0.3, -0.25) is 4.79 Å². The Morgan fingerprint density at radius 2 is 2.06 bits per heavy atom. The van der Waals surface area contributed by atoms with Crippen LogP contribution >= 0.6 is 22.9 Å². The number of nitrogens with zero attached hydrogens (tertiary/aromatic N) is 2. The summed E-state index contributed by atoms with van der Waals surface area (Å²) in [5.74, 6) is -0.563. The fourth-order valence-electron chi connectivity index (χ4n) is 3.39. The Bertz CT molecular complexity index is 1290.